The molecule has 2 nitrogen and oxygen atoms in total. The van der Waals surface area contributed by atoms with Gasteiger partial charge in [0.1, 0.15) is 0 Å². The molecule has 25 heavy (non-hydrogen) atoms. The van der Waals surface area contributed by atoms with Gasteiger partial charge in [0.15, 0.2) is 0 Å². The molecule has 0 radical (unpaired) electrons. The molecule has 2 atom stereocenters. The lowest BCUT2D eigenvalue weighted by Crippen LogP contribution is -2.55. The van der Waals surface area contributed by atoms with E-state index in [1.54, 1.807) is 0 Å². The van der Waals surface area contributed by atoms with E-state index < -0.39 is 11.9 Å². The average molecular weight is 348 g/mol. The van der Waals surface area contributed by atoms with Gasteiger partial charge in [-0.1, -0.05) is 29.8 Å². The van der Waals surface area contributed by atoms with E-state index in [9.17, 15) is 13.6 Å². The normalized spacial score (nSPS) is 36.5. The smallest absolute Gasteiger partial charge is 0.376 e. The highest BCUT2D eigenvalue weighted by atomic mass is 19.3. The Labute approximate surface area is 147 Å². The van der Waals surface area contributed by atoms with Gasteiger partial charge in [-0.3, -0.25) is 0 Å². The molecule has 0 heterocycles. The Bertz CT molecular complexity index is 660. The highest BCUT2D eigenvalue weighted by molar-refractivity contribution is 5.76. The number of rotatable bonds is 4. The second-order valence-corrected chi connectivity index (χ2v) is 9.07. The van der Waals surface area contributed by atoms with Gasteiger partial charge in [-0.25, -0.2) is 4.79 Å². The summed E-state index contributed by atoms with van der Waals surface area (Å²) in [6.07, 6.45) is 6.60. The maximum atomic E-state index is 13.2. The third-order valence-corrected chi connectivity index (χ3v) is 6.71. The summed E-state index contributed by atoms with van der Waals surface area (Å²) in [4.78, 5) is 11.6. The summed E-state index contributed by atoms with van der Waals surface area (Å²) in [5.41, 5.74) is 2.65. The summed E-state index contributed by atoms with van der Waals surface area (Å²) in [6, 6.07) is 8.81. The number of benzene rings is 1. The van der Waals surface area contributed by atoms with Crippen molar-refractivity contribution in [2.24, 2.45) is 17.3 Å². The molecule has 0 saturated heterocycles. The van der Waals surface area contributed by atoms with Gasteiger partial charge in [-0.2, -0.15) is 8.78 Å². The number of carbonyl (C=O) groups is 1. The molecule has 4 aliphatic rings. The molecule has 5 rings (SSSR count). The molecule has 0 aromatic heterocycles. The van der Waals surface area contributed by atoms with Gasteiger partial charge in [0, 0.05) is 12.3 Å². The molecule has 2 unspecified atom stereocenters. The van der Waals surface area contributed by atoms with Crippen LogP contribution < -0.4 is 0 Å². The van der Waals surface area contributed by atoms with Crippen molar-refractivity contribution in [1.29, 1.82) is 0 Å². The molecule has 0 aliphatic heterocycles. The van der Waals surface area contributed by atoms with Crippen molar-refractivity contribution in [3.8, 4) is 0 Å². The van der Waals surface area contributed by atoms with Crippen LogP contribution in [0.1, 0.15) is 56.6 Å². The lowest BCUT2D eigenvalue weighted by atomic mass is 9.43. The summed E-state index contributed by atoms with van der Waals surface area (Å²) in [5, 5.41) is 0. The van der Waals surface area contributed by atoms with Crippen molar-refractivity contribution in [3.63, 3.8) is 0 Å². The zero-order valence-electron chi connectivity index (χ0n) is 15.0. The van der Waals surface area contributed by atoms with Crippen LogP contribution in [0.3, 0.4) is 0 Å². The first-order valence-electron chi connectivity index (χ1n) is 9.32. The minimum atomic E-state index is -3.41. The molecule has 1 aromatic carbocycles. The third kappa shape index (κ3) is 2.98. The Morgan fingerprint density at radius 1 is 1.16 bits per heavy atom. The first-order chi connectivity index (χ1) is 11.7. The zero-order valence-corrected chi connectivity index (χ0v) is 15.0. The summed E-state index contributed by atoms with van der Waals surface area (Å²) in [5.74, 6) is -3.53. The summed E-state index contributed by atoms with van der Waals surface area (Å²) in [7, 11) is 0. The van der Waals surface area contributed by atoms with Crippen molar-refractivity contribution in [1.82, 2.24) is 0 Å². The topological polar surface area (TPSA) is 26.3 Å². The fourth-order valence-corrected chi connectivity index (χ4v) is 6.21. The van der Waals surface area contributed by atoms with Crippen LogP contribution >= 0.6 is 0 Å². The van der Waals surface area contributed by atoms with Crippen LogP contribution in [-0.4, -0.2) is 18.5 Å². The van der Waals surface area contributed by atoms with E-state index in [2.05, 4.69) is 31.2 Å². The van der Waals surface area contributed by atoms with E-state index in [1.807, 2.05) is 0 Å². The molecule has 136 valence electrons. The molecular formula is C21H26F2O2. The third-order valence-electron chi connectivity index (χ3n) is 6.71. The number of aryl methyl sites for hydroxylation is 1. The van der Waals surface area contributed by atoms with E-state index in [0.29, 0.717) is 18.8 Å². The number of ether oxygens (including phenoxy) is 1. The number of esters is 1. The molecule has 4 fully saturated rings. The van der Waals surface area contributed by atoms with Crippen LogP contribution in [0.5, 0.6) is 0 Å². The first kappa shape index (κ1) is 17.0. The summed E-state index contributed by atoms with van der Waals surface area (Å²) < 4.78 is 31.5. The molecule has 0 amide bonds. The van der Waals surface area contributed by atoms with Gasteiger partial charge in [0.2, 0.25) is 0 Å². The fraction of sp³-hybridized carbons (Fsp3) is 0.667. The van der Waals surface area contributed by atoms with Crippen LogP contribution in [0.4, 0.5) is 8.78 Å². The van der Waals surface area contributed by atoms with E-state index >= 15 is 0 Å². The molecule has 0 spiro atoms. The van der Waals surface area contributed by atoms with E-state index in [4.69, 9.17) is 4.74 Å². The lowest BCUT2D eigenvalue weighted by Gasteiger charge is -2.62. The molecule has 1 aromatic rings. The van der Waals surface area contributed by atoms with Crippen molar-refractivity contribution in [2.75, 3.05) is 6.61 Å². The van der Waals surface area contributed by atoms with Crippen molar-refractivity contribution in [3.05, 3.63) is 35.4 Å². The predicted molar refractivity (Wildman–Crippen MR) is 91.6 cm³/mol. The number of hydrogen-bond acceptors (Lipinski definition) is 2. The van der Waals surface area contributed by atoms with E-state index in [1.165, 1.54) is 30.4 Å². The molecular weight excluding hydrogens is 322 g/mol. The van der Waals surface area contributed by atoms with Gasteiger partial charge in [-0.15, -0.1) is 0 Å². The van der Waals surface area contributed by atoms with Crippen molar-refractivity contribution >= 4 is 5.97 Å². The molecule has 4 aliphatic carbocycles. The van der Waals surface area contributed by atoms with Crippen molar-refractivity contribution < 1.29 is 18.3 Å². The summed E-state index contributed by atoms with van der Waals surface area (Å²) >= 11 is 0. The molecule has 4 heteroatoms. The monoisotopic (exact) mass is 348 g/mol. The zero-order chi connectivity index (χ0) is 17.9. The maximum absolute atomic E-state index is 13.2. The second-order valence-electron chi connectivity index (χ2n) is 9.07. The number of carbonyl (C=O) groups excluding carboxylic acids is 1. The average Bonchev–Trinajstić information content (AvgIpc) is 2.51. The van der Waals surface area contributed by atoms with Crippen LogP contribution in [0, 0.1) is 24.2 Å². The maximum Gasteiger partial charge on any atom is 0.376 e. The number of alkyl halides is 2. The van der Waals surface area contributed by atoms with Crippen LogP contribution in [0.25, 0.3) is 0 Å². The largest absolute Gasteiger partial charge is 0.461 e. The van der Waals surface area contributed by atoms with E-state index in [0.717, 1.165) is 19.3 Å². The Balaban J connectivity index is 1.59. The van der Waals surface area contributed by atoms with Gasteiger partial charge in [0.05, 0.1) is 6.61 Å². The molecule has 0 N–H and O–H groups in total. The van der Waals surface area contributed by atoms with Crippen LogP contribution in [0.2, 0.25) is 0 Å². The van der Waals surface area contributed by atoms with Gasteiger partial charge < -0.3 is 4.74 Å². The van der Waals surface area contributed by atoms with Crippen molar-refractivity contribution in [2.45, 2.75) is 63.7 Å². The van der Waals surface area contributed by atoms with Crippen LogP contribution in [0.15, 0.2) is 24.3 Å². The lowest BCUT2D eigenvalue weighted by molar-refractivity contribution is -0.180. The number of hydrogen-bond donors (Lipinski definition) is 0. The Kier molecular flexibility index (Phi) is 3.75. The highest BCUT2D eigenvalue weighted by Crippen LogP contribution is 2.65. The molecule has 4 saturated carbocycles. The second kappa shape index (κ2) is 5.52. The minimum absolute atomic E-state index is 0.115. The standard InChI is InChI=1S/C21H26F2O2/c1-14-3-5-17(6-4-14)21-10-15-7-16(11-21)9-20(8-15,12-21)13-25-18(24)19(2,22)23/h3-6,15-16H,7-13H2,1-2H3. The minimum Gasteiger partial charge on any atom is -0.461 e. The van der Waals surface area contributed by atoms with Crippen LogP contribution in [-0.2, 0) is 14.9 Å². The fourth-order valence-electron chi connectivity index (χ4n) is 6.21. The van der Waals surface area contributed by atoms with E-state index in [-0.39, 0.29) is 17.4 Å². The first-order valence-corrected chi connectivity index (χ1v) is 9.32. The SMILES string of the molecule is Cc1ccc(C23CC4CC(CC(COC(=O)C(C)(F)F)(C4)C2)C3)cc1. The Hall–Kier alpha value is -1.45. The highest BCUT2D eigenvalue weighted by Gasteiger charge is 2.58. The van der Waals surface area contributed by atoms with Gasteiger partial charge >= 0.3 is 11.9 Å². The number of halogens is 2. The van der Waals surface area contributed by atoms with Gasteiger partial charge in [-0.05, 0) is 68.3 Å². The van der Waals surface area contributed by atoms with Gasteiger partial charge in [0.25, 0.3) is 0 Å². The Morgan fingerprint density at radius 3 is 2.32 bits per heavy atom. The summed E-state index contributed by atoms with van der Waals surface area (Å²) in [6.45, 7) is 2.86. The Morgan fingerprint density at radius 2 is 1.76 bits per heavy atom. The molecule has 4 bridgehead atoms. The quantitative estimate of drug-likeness (QED) is 0.713. The predicted octanol–water partition coefficient (Wildman–Crippen LogP) is 5.03.